The molecule has 0 bridgehead atoms. The van der Waals surface area contributed by atoms with Crippen LogP contribution < -0.4 is 5.73 Å². The van der Waals surface area contributed by atoms with E-state index in [0.29, 0.717) is 6.42 Å². The first-order valence-corrected chi connectivity index (χ1v) is 6.22. The maximum absolute atomic E-state index is 10.5. The van der Waals surface area contributed by atoms with Crippen LogP contribution >= 0.6 is 0 Å². The van der Waals surface area contributed by atoms with Crippen LogP contribution in [-0.2, 0) is 4.79 Å². The van der Waals surface area contributed by atoms with E-state index in [1.807, 2.05) is 0 Å². The molecule has 1 aliphatic carbocycles. The normalized spacial score (nSPS) is 18.4. The third kappa shape index (κ3) is 6.32. The summed E-state index contributed by atoms with van der Waals surface area (Å²) in [6.45, 7) is 0. The highest BCUT2D eigenvalue weighted by Crippen LogP contribution is 2.27. The summed E-state index contributed by atoms with van der Waals surface area (Å²) in [5.41, 5.74) is 5.05. The van der Waals surface area contributed by atoms with E-state index < -0.39 is 0 Å². The highest BCUT2D eigenvalue weighted by atomic mass is 16.1. The molecule has 15 heavy (non-hydrogen) atoms. The summed E-state index contributed by atoms with van der Waals surface area (Å²) >= 11 is 0. The van der Waals surface area contributed by atoms with Crippen LogP contribution in [0.2, 0.25) is 0 Å². The Morgan fingerprint density at radius 1 is 1.13 bits per heavy atom. The molecule has 0 aromatic heterocycles. The second-order valence-corrected chi connectivity index (χ2v) is 4.56. The monoisotopic (exact) mass is 209 g/mol. The summed E-state index contributed by atoms with van der Waals surface area (Å²) in [6, 6.07) is 0. The van der Waals surface area contributed by atoms with E-state index in [9.17, 15) is 4.79 Å². The van der Waals surface area contributed by atoms with Gasteiger partial charge in [0.1, 0.15) is 0 Å². The lowest BCUT2D eigenvalue weighted by molar-refractivity contribution is -0.117. The first-order valence-electron chi connectivity index (χ1n) is 6.22. The SMILES string of the molecule is NC(=O)CC/C=C/CCC1CCCCC1. The van der Waals surface area contributed by atoms with Crippen LogP contribution in [0.5, 0.6) is 0 Å². The number of primary amides is 1. The van der Waals surface area contributed by atoms with Gasteiger partial charge in [-0.2, -0.15) is 0 Å². The van der Waals surface area contributed by atoms with Gasteiger partial charge in [0.15, 0.2) is 0 Å². The van der Waals surface area contributed by atoms with Gasteiger partial charge >= 0.3 is 0 Å². The Kier molecular flexibility index (Phi) is 6.14. The number of carbonyl (C=O) groups is 1. The Labute approximate surface area is 92.9 Å². The average molecular weight is 209 g/mol. The van der Waals surface area contributed by atoms with Crippen LogP contribution in [0.15, 0.2) is 12.2 Å². The van der Waals surface area contributed by atoms with E-state index in [0.717, 1.165) is 12.3 Å². The first-order chi connectivity index (χ1) is 7.29. The summed E-state index contributed by atoms with van der Waals surface area (Å²) in [7, 11) is 0. The smallest absolute Gasteiger partial charge is 0.217 e. The van der Waals surface area contributed by atoms with Crippen molar-refractivity contribution in [1.82, 2.24) is 0 Å². The third-order valence-corrected chi connectivity index (χ3v) is 3.19. The summed E-state index contributed by atoms with van der Waals surface area (Å²) in [4.78, 5) is 10.5. The number of hydrogen-bond acceptors (Lipinski definition) is 1. The molecule has 1 fully saturated rings. The predicted octanol–water partition coefficient (Wildman–Crippen LogP) is 3.17. The number of rotatable bonds is 6. The Balaban J connectivity index is 1.97. The molecule has 0 aromatic rings. The molecule has 1 saturated carbocycles. The highest BCUT2D eigenvalue weighted by molar-refractivity contribution is 5.73. The summed E-state index contributed by atoms with van der Waals surface area (Å²) in [6.07, 6.45) is 15.2. The quantitative estimate of drug-likeness (QED) is 0.671. The van der Waals surface area contributed by atoms with Crippen LogP contribution in [0.25, 0.3) is 0 Å². The van der Waals surface area contributed by atoms with Crippen molar-refractivity contribution >= 4 is 5.91 Å². The van der Waals surface area contributed by atoms with Gasteiger partial charge in [0.25, 0.3) is 0 Å². The van der Waals surface area contributed by atoms with Crippen LogP contribution in [0.1, 0.15) is 57.8 Å². The Morgan fingerprint density at radius 3 is 2.47 bits per heavy atom. The number of amides is 1. The molecular weight excluding hydrogens is 186 g/mol. The zero-order valence-electron chi connectivity index (χ0n) is 9.58. The van der Waals surface area contributed by atoms with Gasteiger partial charge in [-0.3, -0.25) is 4.79 Å². The maximum Gasteiger partial charge on any atom is 0.217 e. The lowest BCUT2D eigenvalue weighted by Crippen LogP contribution is -2.08. The maximum atomic E-state index is 10.5. The average Bonchev–Trinajstić information content (AvgIpc) is 2.24. The van der Waals surface area contributed by atoms with Crippen molar-refractivity contribution < 1.29 is 4.79 Å². The molecule has 0 aromatic carbocycles. The zero-order chi connectivity index (χ0) is 10.9. The van der Waals surface area contributed by atoms with E-state index in [1.54, 1.807) is 0 Å². The van der Waals surface area contributed by atoms with Crippen molar-refractivity contribution in [3.63, 3.8) is 0 Å². The van der Waals surface area contributed by atoms with Gasteiger partial charge in [-0.1, -0.05) is 44.3 Å². The number of carbonyl (C=O) groups excluding carboxylic acids is 1. The summed E-state index contributed by atoms with van der Waals surface area (Å²) < 4.78 is 0. The standard InChI is InChI=1S/C13H23NO/c14-13(15)11-7-2-1-4-8-12-9-5-3-6-10-12/h1-2,12H,3-11H2,(H2,14,15)/b2-1+. The molecule has 0 saturated heterocycles. The molecule has 1 amide bonds. The number of hydrogen-bond donors (Lipinski definition) is 1. The molecule has 0 unspecified atom stereocenters. The van der Waals surface area contributed by atoms with Crippen LogP contribution in [-0.4, -0.2) is 5.91 Å². The van der Waals surface area contributed by atoms with Gasteiger partial charge < -0.3 is 5.73 Å². The molecule has 0 radical (unpaired) electrons. The molecule has 1 aliphatic rings. The van der Waals surface area contributed by atoms with Gasteiger partial charge in [0.05, 0.1) is 0 Å². The Morgan fingerprint density at radius 2 is 1.80 bits per heavy atom. The van der Waals surface area contributed by atoms with E-state index in [4.69, 9.17) is 5.73 Å². The van der Waals surface area contributed by atoms with Gasteiger partial charge in [0.2, 0.25) is 5.91 Å². The van der Waals surface area contributed by atoms with Crippen LogP contribution in [0, 0.1) is 5.92 Å². The molecular formula is C13H23NO. The molecule has 0 heterocycles. The number of nitrogens with two attached hydrogens (primary N) is 1. The fourth-order valence-electron chi connectivity index (χ4n) is 2.27. The Hall–Kier alpha value is -0.790. The highest BCUT2D eigenvalue weighted by Gasteiger charge is 2.11. The second kappa shape index (κ2) is 7.49. The predicted molar refractivity (Wildman–Crippen MR) is 63.4 cm³/mol. The van der Waals surface area contributed by atoms with Crippen molar-refractivity contribution in [2.45, 2.75) is 57.8 Å². The van der Waals surface area contributed by atoms with Crippen molar-refractivity contribution in [2.75, 3.05) is 0 Å². The minimum atomic E-state index is -0.202. The summed E-state index contributed by atoms with van der Waals surface area (Å²) in [5.74, 6) is 0.756. The van der Waals surface area contributed by atoms with Gasteiger partial charge in [-0.05, 0) is 25.2 Å². The van der Waals surface area contributed by atoms with Crippen molar-refractivity contribution in [3.05, 3.63) is 12.2 Å². The summed E-state index contributed by atoms with van der Waals surface area (Å²) in [5, 5.41) is 0. The van der Waals surface area contributed by atoms with Gasteiger partial charge in [0, 0.05) is 6.42 Å². The van der Waals surface area contributed by atoms with E-state index >= 15 is 0 Å². The Bertz CT molecular complexity index is 205. The minimum absolute atomic E-state index is 0.202. The zero-order valence-corrected chi connectivity index (χ0v) is 9.58. The van der Waals surface area contributed by atoms with Crippen molar-refractivity contribution in [1.29, 1.82) is 0 Å². The fraction of sp³-hybridized carbons (Fsp3) is 0.769. The molecule has 0 atom stereocenters. The topological polar surface area (TPSA) is 43.1 Å². The molecule has 2 N–H and O–H groups in total. The molecule has 0 spiro atoms. The lowest BCUT2D eigenvalue weighted by Gasteiger charge is -2.20. The first kappa shape index (κ1) is 12.3. The molecule has 2 heteroatoms. The van der Waals surface area contributed by atoms with Gasteiger partial charge in [-0.25, -0.2) is 0 Å². The lowest BCUT2D eigenvalue weighted by atomic mass is 9.86. The van der Waals surface area contributed by atoms with Crippen molar-refractivity contribution in [2.24, 2.45) is 11.7 Å². The number of allylic oxidation sites excluding steroid dienone is 2. The van der Waals surface area contributed by atoms with Crippen molar-refractivity contribution in [3.8, 4) is 0 Å². The van der Waals surface area contributed by atoms with E-state index in [1.165, 1.54) is 44.9 Å². The van der Waals surface area contributed by atoms with Gasteiger partial charge in [-0.15, -0.1) is 0 Å². The van der Waals surface area contributed by atoms with E-state index in [2.05, 4.69) is 12.2 Å². The molecule has 2 nitrogen and oxygen atoms in total. The largest absolute Gasteiger partial charge is 0.370 e. The van der Waals surface area contributed by atoms with Crippen LogP contribution in [0.3, 0.4) is 0 Å². The second-order valence-electron chi connectivity index (χ2n) is 4.56. The minimum Gasteiger partial charge on any atom is -0.370 e. The third-order valence-electron chi connectivity index (χ3n) is 3.19. The fourth-order valence-corrected chi connectivity index (χ4v) is 2.27. The molecule has 1 rings (SSSR count). The van der Waals surface area contributed by atoms with Crippen LogP contribution in [0.4, 0.5) is 0 Å². The molecule has 0 aliphatic heterocycles. The molecule has 86 valence electrons. The van der Waals surface area contributed by atoms with E-state index in [-0.39, 0.29) is 5.91 Å².